The minimum absolute atomic E-state index is 0.0255. The molecule has 6 heteroatoms. The van der Waals surface area contributed by atoms with Crippen LogP contribution < -0.4 is 11.1 Å². The van der Waals surface area contributed by atoms with Gasteiger partial charge in [0.1, 0.15) is 11.6 Å². The fraction of sp³-hybridized carbons (Fsp3) is 0.200. The first-order chi connectivity index (χ1) is 7.65. The lowest BCUT2D eigenvalue weighted by molar-refractivity contribution is 0.0693. The molecule has 0 atom stereocenters. The Balaban J connectivity index is 2.76. The predicted octanol–water partition coefficient (Wildman–Crippen LogP) is 0.334. The topological polar surface area (TPSA) is 92.6 Å². The normalized spacial score (nSPS) is 10.8. The van der Waals surface area contributed by atoms with Crippen LogP contribution in [0.15, 0.2) is 18.2 Å². The molecule has 2 heterocycles. The third-order valence-electron chi connectivity index (χ3n) is 2.30. The quantitative estimate of drug-likeness (QED) is 0.693. The highest BCUT2D eigenvalue weighted by molar-refractivity contribution is 5.94. The maximum atomic E-state index is 11.0. The summed E-state index contributed by atoms with van der Waals surface area (Å²) in [6, 6.07) is 5.10. The van der Waals surface area contributed by atoms with Crippen LogP contribution in [0.25, 0.3) is 5.52 Å². The Hall–Kier alpha value is -2.08. The molecule has 0 aliphatic heterocycles. The summed E-state index contributed by atoms with van der Waals surface area (Å²) in [5, 5.41) is 11.9. The van der Waals surface area contributed by atoms with Gasteiger partial charge in [-0.05, 0) is 19.2 Å². The molecule has 0 saturated heterocycles. The van der Waals surface area contributed by atoms with Crippen molar-refractivity contribution in [2.75, 3.05) is 12.8 Å². The van der Waals surface area contributed by atoms with Gasteiger partial charge in [0.15, 0.2) is 5.69 Å². The molecule has 0 radical (unpaired) electrons. The number of aromatic nitrogens is 2. The molecule has 0 saturated carbocycles. The number of aromatic carboxylic acids is 1. The maximum Gasteiger partial charge on any atom is 0.356 e. The van der Waals surface area contributed by atoms with Crippen molar-refractivity contribution in [1.82, 2.24) is 14.7 Å². The van der Waals surface area contributed by atoms with Crippen LogP contribution >= 0.6 is 0 Å². The molecule has 0 aromatic carbocycles. The molecular weight excluding hydrogens is 208 g/mol. The van der Waals surface area contributed by atoms with E-state index >= 15 is 0 Å². The Morgan fingerprint density at radius 3 is 3.00 bits per heavy atom. The van der Waals surface area contributed by atoms with E-state index in [9.17, 15) is 4.79 Å². The number of imidazole rings is 1. The highest BCUT2D eigenvalue weighted by Gasteiger charge is 2.16. The molecule has 2 rings (SSSR count). The van der Waals surface area contributed by atoms with E-state index in [0.29, 0.717) is 23.7 Å². The van der Waals surface area contributed by atoms with Gasteiger partial charge < -0.3 is 16.2 Å². The van der Waals surface area contributed by atoms with Gasteiger partial charge in [-0.3, -0.25) is 4.40 Å². The third kappa shape index (κ3) is 1.49. The van der Waals surface area contributed by atoms with Gasteiger partial charge in [-0.15, -0.1) is 0 Å². The average molecular weight is 220 g/mol. The summed E-state index contributed by atoms with van der Waals surface area (Å²) in [5.74, 6) is 0.0150. The van der Waals surface area contributed by atoms with Gasteiger partial charge in [0.05, 0.1) is 12.1 Å². The molecule has 0 unspecified atom stereocenters. The van der Waals surface area contributed by atoms with Crippen LogP contribution in [-0.2, 0) is 6.54 Å². The van der Waals surface area contributed by atoms with Gasteiger partial charge in [-0.2, -0.15) is 0 Å². The number of anilines is 1. The molecule has 4 N–H and O–H groups in total. The zero-order chi connectivity index (χ0) is 11.7. The van der Waals surface area contributed by atoms with E-state index < -0.39 is 5.97 Å². The number of carboxylic acids is 1. The van der Waals surface area contributed by atoms with Crippen molar-refractivity contribution >= 4 is 17.3 Å². The van der Waals surface area contributed by atoms with Crippen LogP contribution in [0.4, 0.5) is 5.82 Å². The Morgan fingerprint density at radius 1 is 1.62 bits per heavy atom. The molecule has 0 amide bonds. The fourth-order valence-corrected chi connectivity index (χ4v) is 1.67. The lowest BCUT2D eigenvalue weighted by atomic mass is 10.3. The first-order valence-electron chi connectivity index (χ1n) is 4.79. The number of nitrogens with two attached hydrogens (primary N) is 1. The van der Waals surface area contributed by atoms with Crippen molar-refractivity contribution in [1.29, 1.82) is 0 Å². The standard InChI is InChI=1S/C10H12N4O2/c1-12-5-8-13-9(10(15)16)6-3-2-4-7(11)14(6)8/h2-4,12H,5,11H2,1H3,(H,15,16). The van der Waals surface area contributed by atoms with E-state index in [1.54, 1.807) is 29.6 Å². The second-order valence-corrected chi connectivity index (χ2v) is 3.38. The predicted molar refractivity (Wildman–Crippen MR) is 59.3 cm³/mol. The highest BCUT2D eigenvalue weighted by Crippen LogP contribution is 2.17. The van der Waals surface area contributed by atoms with E-state index in [4.69, 9.17) is 10.8 Å². The number of carboxylic acid groups (broad SMARTS) is 1. The summed E-state index contributed by atoms with van der Waals surface area (Å²) in [6.45, 7) is 0.461. The zero-order valence-electron chi connectivity index (χ0n) is 8.77. The summed E-state index contributed by atoms with van der Waals surface area (Å²) >= 11 is 0. The summed E-state index contributed by atoms with van der Waals surface area (Å²) < 4.78 is 1.64. The second kappa shape index (κ2) is 3.82. The van der Waals surface area contributed by atoms with Gasteiger partial charge >= 0.3 is 5.97 Å². The van der Waals surface area contributed by atoms with Crippen molar-refractivity contribution in [2.24, 2.45) is 0 Å². The van der Waals surface area contributed by atoms with Crippen LogP contribution in [0, 0.1) is 0 Å². The van der Waals surface area contributed by atoms with Crippen molar-refractivity contribution in [3.8, 4) is 0 Å². The number of nitrogens with one attached hydrogen (secondary N) is 1. The second-order valence-electron chi connectivity index (χ2n) is 3.38. The number of nitrogen functional groups attached to an aromatic ring is 1. The number of hydrogen-bond acceptors (Lipinski definition) is 4. The zero-order valence-corrected chi connectivity index (χ0v) is 8.77. The van der Waals surface area contributed by atoms with E-state index in [1.165, 1.54) is 0 Å². The minimum Gasteiger partial charge on any atom is -0.476 e. The maximum absolute atomic E-state index is 11.0. The van der Waals surface area contributed by atoms with Crippen LogP contribution in [0.1, 0.15) is 16.3 Å². The number of pyridine rings is 1. The summed E-state index contributed by atoms with van der Waals surface area (Å²) in [6.07, 6.45) is 0. The van der Waals surface area contributed by atoms with Crippen LogP contribution in [-0.4, -0.2) is 27.5 Å². The highest BCUT2D eigenvalue weighted by atomic mass is 16.4. The lowest BCUT2D eigenvalue weighted by Gasteiger charge is -2.03. The van der Waals surface area contributed by atoms with Crippen molar-refractivity contribution in [3.63, 3.8) is 0 Å². The van der Waals surface area contributed by atoms with Crippen molar-refractivity contribution < 1.29 is 9.90 Å². The molecule has 16 heavy (non-hydrogen) atoms. The smallest absolute Gasteiger partial charge is 0.356 e. The summed E-state index contributed by atoms with van der Waals surface area (Å²) in [4.78, 5) is 15.1. The fourth-order valence-electron chi connectivity index (χ4n) is 1.67. The largest absolute Gasteiger partial charge is 0.476 e. The van der Waals surface area contributed by atoms with Gasteiger partial charge in [-0.1, -0.05) is 6.07 Å². The van der Waals surface area contributed by atoms with Crippen LogP contribution in [0.3, 0.4) is 0 Å². The molecule has 2 aromatic rings. The van der Waals surface area contributed by atoms with Crippen molar-refractivity contribution in [2.45, 2.75) is 6.54 Å². The molecule has 0 aliphatic carbocycles. The SMILES string of the molecule is CNCc1nc(C(=O)O)c2cccc(N)n12. The molecule has 84 valence electrons. The Bertz CT molecular complexity index is 547. The van der Waals surface area contributed by atoms with Gasteiger partial charge in [0.25, 0.3) is 0 Å². The Kier molecular flexibility index (Phi) is 2.49. The molecule has 2 aromatic heterocycles. The van der Waals surface area contributed by atoms with Gasteiger partial charge in [-0.25, -0.2) is 9.78 Å². The van der Waals surface area contributed by atoms with E-state index in [-0.39, 0.29) is 5.69 Å². The number of rotatable bonds is 3. The molecule has 0 aliphatic rings. The number of nitrogens with zero attached hydrogens (tertiary/aromatic N) is 2. The van der Waals surface area contributed by atoms with Crippen LogP contribution in [0.2, 0.25) is 0 Å². The first-order valence-corrected chi connectivity index (χ1v) is 4.79. The van der Waals surface area contributed by atoms with Crippen LogP contribution in [0.5, 0.6) is 0 Å². The monoisotopic (exact) mass is 220 g/mol. The number of hydrogen-bond donors (Lipinski definition) is 3. The van der Waals surface area contributed by atoms with E-state index in [2.05, 4.69) is 10.3 Å². The average Bonchev–Trinajstić information content (AvgIpc) is 2.59. The van der Waals surface area contributed by atoms with E-state index in [1.807, 2.05) is 0 Å². The summed E-state index contributed by atoms with van der Waals surface area (Å²) in [5.41, 5.74) is 6.34. The molecule has 0 fully saturated rings. The van der Waals surface area contributed by atoms with E-state index in [0.717, 1.165) is 0 Å². The minimum atomic E-state index is -1.05. The molecule has 0 bridgehead atoms. The first kappa shape index (κ1) is 10.4. The van der Waals surface area contributed by atoms with Gasteiger partial charge in [0.2, 0.25) is 0 Å². The number of fused-ring (bicyclic) bond motifs is 1. The van der Waals surface area contributed by atoms with Gasteiger partial charge in [0, 0.05) is 0 Å². The number of carbonyl (C=O) groups is 1. The lowest BCUT2D eigenvalue weighted by Crippen LogP contribution is -2.10. The molecule has 6 nitrogen and oxygen atoms in total. The Labute approximate surface area is 91.7 Å². The molecule has 0 spiro atoms. The third-order valence-corrected chi connectivity index (χ3v) is 2.30. The van der Waals surface area contributed by atoms with Crippen molar-refractivity contribution in [3.05, 3.63) is 29.7 Å². The molecular formula is C10H12N4O2. The summed E-state index contributed by atoms with van der Waals surface area (Å²) in [7, 11) is 1.76. The Morgan fingerprint density at radius 2 is 2.38 bits per heavy atom.